The Morgan fingerprint density at radius 2 is 1.76 bits per heavy atom. The molecule has 2 rings (SSSR count). The molecule has 2 heteroatoms. The summed E-state index contributed by atoms with van der Waals surface area (Å²) in [5, 5.41) is 0. The molecule has 1 fully saturated rings. The molecular formula is C19H28O2. The predicted molar refractivity (Wildman–Crippen MR) is 86.6 cm³/mol. The highest BCUT2D eigenvalue weighted by molar-refractivity contribution is 5.89. The van der Waals surface area contributed by atoms with Crippen molar-refractivity contribution in [3.63, 3.8) is 0 Å². The highest BCUT2D eigenvalue weighted by atomic mass is 16.5. The molecule has 0 radical (unpaired) electrons. The lowest BCUT2D eigenvalue weighted by Gasteiger charge is -2.29. The smallest absolute Gasteiger partial charge is 0.337 e. The Balaban J connectivity index is 1.83. The minimum atomic E-state index is -0.249. The molecule has 0 unspecified atom stereocenters. The van der Waals surface area contributed by atoms with E-state index in [4.69, 9.17) is 4.74 Å². The third-order valence-electron chi connectivity index (χ3n) is 4.87. The molecule has 1 aromatic carbocycles. The molecule has 0 amide bonds. The van der Waals surface area contributed by atoms with E-state index in [-0.39, 0.29) is 5.97 Å². The summed E-state index contributed by atoms with van der Waals surface area (Å²) in [7, 11) is 1.43. The van der Waals surface area contributed by atoms with Crippen molar-refractivity contribution in [1.29, 1.82) is 0 Å². The van der Waals surface area contributed by atoms with Gasteiger partial charge in [0.05, 0.1) is 12.7 Å². The Morgan fingerprint density at radius 3 is 2.33 bits per heavy atom. The number of benzene rings is 1. The number of unbranched alkanes of at least 4 members (excludes halogenated alkanes) is 2. The van der Waals surface area contributed by atoms with Gasteiger partial charge in [0.25, 0.3) is 0 Å². The summed E-state index contributed by atoms with van der Waals surface area (Å²) >= 11 is 0. The quantitative estimate of drug-likeness (QED) is 0.522. The van der Waals surface area contributed by atoms with Crippen LogP contribution in [0.4, 0.5) is 0 Å². The van der Waals surface area contributed by atoms with Crippen molar-refractivity contribution in [3.05, 3.63) is 35.4 Å². The summed E-state index contributed by atoms with van der Waals surface area (Å²) < 4.78 is 4.74. The lowest BCUT2D eigenvalue weighted by molar-refractivity contribution is 0.0600. The molecule has 0 heterocycles. The van der Waals surface area contributed by atoms with E-state index >= 15 is 0 Å². The molecule has 1 aromatic rings. The molecule has 0 N–H and O–H groups in total. The maximum Gasteiger partial charge on any atom is 0.337 e. The Morgan fingerprint density at radius 1 is 1.10 bits per heavy atom. The van der Waals surface area contributed by atoms with E-state index in [1.165, 1.54) is 64.0 Å². The normalized spacial score (nSPS) is 22.0. The Labute approximate surface area is 128 Å². The van der Waals surface area contributed by atoms with Gasteiger partial charge in [-0.05, 0) is 55.2 Å². The molecule has 1 aliphatic carbocycles. The zero-order valence-corrected chi connectivity index (χ0v) is 13.4. The topological polar surface area (TPSA) is 26.3 Å². The van der Waals surface area contributed by atoms with E-state index in [1.807, 2.05) is 12.1 Å². The average molecular weight is 288 g/mol. The maximum absolute atomic E-state index is 11.4. The number of carbonyl (C=O) groups excluding carboxylic acids is 1. The molecule has 1 aliphatic rings. The Hall–Kier alpha value is -1.31. The second-order valence-electron chi connectivity index (χ2n) is 6.33. The van der Waals surface area contributed by atoms with Crippen LogP contribution >= 0.6 is 0 Å². The van der Waals surface area contributed by atoms with E-state index in [0.717, 1.165) is 5.92 Å². The first-order chi connectivity index (χ1) is 10.2. The molecule has 0 saturated heterocycles. The molecule has 0 aromatic heterocycles. The van der Waals surface area contributed by atoms with E-state index < -0.39 is 0 Å². The number of rotatable bonds is 6. The monoisotopic (exact) mass is 288 g/mol. The van der Waals surface area contributed by atoms with Crippen LogP contribution in [-0.4, -0.2) is 13.1 Å². The standard InChI is InChI=1S/C19H28O2/c1-3-4-5-6-15-7-9-16(10-8-15)17-11-13-18(14-12-17)19(20)21-2/h11-16H,3-10H2,1-2H3. The first kappa shape index (κ1) is 16.1. The number of hydrogen-bond acceptors (Lipinski definition) is 2. The summed E-state index contributed by atoms with van der Waals surface area (Å²) in [6, 6.07) is 8.01. The fraction of sp³-hybridized carbons (Fsp3) is 0.632. The SMILES string of the molecule is CCCCCC1CCC(c2ccc(C(=O)OC)cc2)CC1. The predicted octanol–water partition coefficient (Wildman–Crippen LogP) is 5.33. The second kappa shape index (κ2) is 8.21. The van der Waals surface area contributed by atoms with Crippen LogP contribution in [0.5, 0.6) is 0 Å². The van der Waals surface area contributed by atoms with E-state index in [1.54, 1.807) is 0 Å². The average Bonchev–Trinajstić information content (AvgIpc) is 2.55. The number of ether oxygens (including phenoxy) is 1. The Bertz CT molecular complexity index is 427. The van der Waals surface area contributed by atoms with Crippen LogP contribution in [0.25, 0.3) is 0 Å². The zero-order valence-electron chi connectivity index (χ0n) is 13.4. The molecule has 2 nitrogen and oxygen atoms in total. The van der Waals surface area contributed by atoms with Crippen molar-refractivity contribution in [2.24, 2.45) is 5.92 Å². The minimum Gasteiger partial charge on any atom is -0.465 e. The second-order valence-corrected chi connectivity index (χ2v) is 6.33. The maximum atomic E-state index is 11.4. The van der Waals surface area contributed by atoms with Gasteiger partial charge in [0.2, 0.25) is 0 Å². The van der Waals surface area contributed by atoms with E-state index in [2.05, 4.69) is 19.1 Å². The van der Waals surface area contributed by atoms with Crippen molar-refractivity contribution in [2.45, 2.75) is 64.2 Å². The van der Waals surface area contributed by atoms with Gasteiger partial charge < -0.3 is 4.74 Å². The summed E-state index contributed by atoms with van der Waals surface area (Å²) in [6.45, 7) is 2.27. The molecule has 0 aliphatic heterocycles. The third kappa shape index (κ3) is 4.59. The number of carbonyl (C=O) groups is 1. The van der Waals surface area contributed by atoms with Crippen molar-refractivity contribution in [3.8, 4) is 0 Å². The van der Waals surface area contributed by atoms with Gasteiger partial charge in [0, 0.05) is 0 Å². The van der Waals surface area contributed by atoms with Crippen LogP contribution in [0.3, 0.4) is 0 Å². The van der Waals surface area contributed by atoms with E-state index in [0.29, 0.717) is 11.5 Å². The van der Waals surface area contributed by atoms with Gasteiger partial charge in [-0.2, -0.15) is 0 Å². The minimum absolute atomic E-state index is 0.249. The van der Waals surface area contributed by atoms with Crippen molar-refractivity contribution < 1.29 is 9.53 Å². The summed E-state index contributed by atoms with van der Waals surface area (Å²) in [4.78, 5) is 11.4. The Kier molecular flexibility index (Phi) is 6.28. The highest BCUT2D eigenvalue weighted by Gasteiger charge is 2.22. The highest BCUT2D eigenvalue weighted by Crippen LogP contribution is 2.37. The van der Waals surface area contributed by atoms with Crippen LogP contribution in [0.2, 0.25) is 0 Å². The van der Waals surface area contributed by atoms with Crippen molar-refractivity contribution in [1.82, 2.24) is 0 Å². The van der Waals surface area contributed by atoms with Crippen LogP contribution in [0, 0.1) is 5.92 Å². The van der Waals surface area contributed by atoms with Gasteiger partial charge in [-0.1, -0.05) is 44.7 Å². The summed E-state index contributed by atoms with van der Waals surface area (Å²) in [5.74, 6) is 1.38. The zero-order chi connectivity index (χ0) is 15.1. The molecule has 0 spiro atoms. The first-order valence-electron chi connectivity index (χ1n) is 8.42. The van der Waals surface area contributed by atoms with Gasteiger partial charge in [-0.25, -0.2) is 4.79 Å². The van der Waals surface area contributed by atoms with E-state index in [9.17, 15) is 4.79 Å². The van der Waals surface area contributed by atoms with Crippen molar-refractivity contribution >= 4 is 5.97 Å². The van der Waals surface area contributed by atoms with Crippen LogP contribution in [-0.2, 0) is 4.74 Å². The molecule has 116 valence electrons. The van der Waals surface area contributed by atoms with Crippen molar-refractivity contribution in [2.75, 3.05) is 7.11 Å². The van der Waals surface area contributed by atoms with Crippen LogP contribution in [0.1, 0.15) is 80.1 Å². The molecule has 0 bridgehead atoms. The van der Waals surface area contributed by atoms with Gasteiger partial charge in [-0.15, -0.1) is 0 Å². The molecule has 0 atom stereocenters. The largest absolute Gasteiger partial charge is 0.465 e. The van der Waals surface area contributed by atoms with Crippen LogP contribution < -0.4 is 0 Å². The van der Waals surface area contributed by atoms with Gasteiger partial charge in [-0.3, -0.25) is 0 Å². The number of esters is 1. The third-order valence-corrected chi connectivity index (χ3v) is 4.87. The summed E-state index contributed by atoms with van der Waals surface area (Å²) in [5.41, 5.74) is 2.03. The fourth-order valence-electron chi connectivity index (χ4n) is 3.48. The van der Waals surface area contributed by atoms with Crippen LogP contribution in [0.15, 0.2) is 24.3 Å². The number of methoxy groups -OCH3 is 1. The lowest BCUT2D eigenvalue weighted by atomic mass is 9.77. The van der Waals surface area contributed by atoms with Gasteiger partial charge >= 0.3 is 5.97 Å². The number of hydrogen-bond donors (Lipinski definition) is 0. The molecule has 1 saturated carbocycles. The molecule has 21 heavy (non-hydrogen) atoms. The lowest BCUT2D eigenvalue weighted by Crippen LogP contribution is -2.13. The van der Waals surface area contributed by atoms with Gasteiger partial charge in [0.15, 0.2) is 0 Å². The fourth-order valence-corrected chi connectivity index (χ4v) is 3.48. The summed E-state index contributed by atoms with van der Waals surface area (Å²) in [6.07, 6.45) is 10.9. The first-order valence-corrected chi connectivity index (χ1v) is 8.42. The van der Waals surface area contributed by atoms with Gasteiger partial charge in [0.1, 0.15) is 0 Å². The molecular weight excluding hydrogens is 260 g/mol.